The van der Waals surface area contributed by atoms with E-state index in [0.717, 1.165) is 0 Å². The molecule has 0 saturated heterocycles. The quantitative estimate of drug-likeness (QED) is 0.0235. The number of aliphatic hydroxyl groups is 2. The van der Waals surface area contributed by atoms with E-state index >= 15 is 0 Å². The first-order chi connectivity index (χ1) is 19.2. The van der Waals surface area contributed by atoms with Crippen LogP contribution in [0.25, 0.3) is 0 Å². The lowest BCUT2D eigenvalue weighted by Crippen LogP contribution is -2.24. The van der Waals surface area contributed by atoms with Crippen LogP contribution in [-0.2, 0) is 29.0 Å². The number of nitrogens with zero attached hydrogens (tertiary/aromatic N) is 2. The van der Waals surface area contributed by atoms with E-state index in [1.54, 1.807) is 11.8 Å². The molecule has 0 spiro atoms. The summed E-state index contributed by atoms with van der Waals surface area (Å²) in [4.78, 5) is 50.2. The highest BCUT2D eigenvalue weighted by molar-refractivity contribution is 8.16. The van der Waals surface area contributed by atoms with Gasteiger partial charge in [-0.3, -0.25) is 0 Å². The van der Waals surface area contributed by atoms with Crippen LogP contribution in [0.5, 0.6) is 0 Å². The lowest BCUT2D eigenvalue weighted by Gasteiger charge is -2.06. The van der Waals surface area contributed by atoms with E-state index in [2.05, 4.69) is 20.6 Å². The summed E-state index contributed by atoms with van der Waals surface area (Å²) in [5.41, 5.74) is 0. The van der Waals surface area contributed by atoms with Crippen LogP contribution in [0.2, 0.25) is 0 Å². The first-order valence-electron chi connectivity index (χ1n) is 10.8. The topological polar surface area (TPSA) is 179 Å². The predicted octanol–water partition coefficient (Wildman–Crippen LogP) is 3.08. The molecule has 0 bridgehead atoms. The molecule has 0 saturated carbocycles. The number of hydrogen-bond acceptors (Lipinski definition) is 19. The van der Waals surface area contributed by atoms with Gasteiger partial charge in [-0.25, -0.2) is 19.6 Å². The average Bonchev–Trinajstić information content (AvgIpc) is 2.93. The van der Waals surface area contributed by atoms with E-state index in [4.69, 9.17) is 39.2 Å². The number of ether oxygens (including phenoxy) is 2. The van der Waals surface area contributed by atoms with E-state index < -0.39 is 12.2 Å². The minimum Gasteiger partial charge on any atom is -0.449 e. The number of carbonyl (C=O) groups excluding carboxylic acids is 2. The monoisotopic (exact) mass is 690 g/mol. The highest BCUT2D eigenvalue weighted by atomic mass is 32.2. The molecule has 14 nitrogen and oxygen atoms in total. The Morgan fingerprint density at radius 1 is 0.667 bits per heavy atom. The van der Waals surface area contributed by atoms with Gasteiger partial charge in [-0.15, -0.1) is 70.6 Å². The minimum atomic E-state index is -0.508. The van der Waals surface area contributed by atoms with Gasteiger partial charge in [0.2, 0.25) is 12.8 Å². The Bertz CT molecular complexity index is 633. The van der Waals surface area contributed by atoms with Crippen molar-refractivity contribution in [2.45, 2.75) is 0 Å². The number of amides is 2. The summed E-state index contributed by atoms with van der Waals surface area (Å²) in [6.45, 7) is 0.605. The van der Waals surface area contributed by atoms with Gasteiger partial charge >= 0.3 is 12.2 Å². The normalized spacial score (nSPS) is 11.1. The molecule has 0 fully saturated rings. The summed E-state index contributed by atoms with van der Waals surface area (Å²) in [6, 6.07) is 0. The second-order valence-electron chi connectivity index (χ2n) is 5.74. The molecule has 39 heavy (non-hydrogen) atoms. The van der Waals surface area contributed by atoms with Crippen LogP contribution in [0.3, 0.4) is 0 Å². The number of aliphatic imine (C=N–C) groups is 2. The van der Waals surface area contributed by atoms with Gasteiger partial charge in [-0.05, 0) is 0 Å². The largest absolute Gasteiger partial charge is 0.449 e. The smallest absolute Gasteiger partial charge is 0.408 e. The predicted molar refractivity (Wildman–Crippen MR) is 166 cm³/mol. The van der Waals surface area contributed by atoms with Crippen molar-refractivity contribution in [3.05, 3.63) is 0 Å². The van der Waals surface area contributed by atoms with Crippen LogP contribution < -0.4 is 10.6 Å². The Balaban J connectivity index is 3.31. The third kappa shape index (κ3) is 33.9. The molecule has 0 aliphatic rings. The van der Waals surface area contributed by atoms with E-state index in [1.807, 2.05) is 0 Å². The minimum absolute atomic E-state index is 0.0444. The Morgan fingerprint density at radius 3 is 1.87 bits per heavy atom. The van der Waals surface area contributed by atoms with Crippen molar-refractivity contribution in [3.63, 3.8) is 0 Å². The average molecular weight is 691 g/mol. The fourth-order valence-corrected chi connectivity index (χ4v) is 5.50. The molecule has 2 amide bonds. The molecule has 0 aromatic carbocycles. The lowest BCUT2D eigenvalue weighted by atomic mass is 10.8. The van der Waals surface area contributed by atoms with E-state index in [-0.39, 0.29) is 24.4 Å². The Labute approximate surface area is 257 Å². The van der Waals surface area contributed by atoms with Crippen LogP contribution >= 0.6 is 82.3 Å². The highest BCUT2D eigenvalue weighted by Crippen LogP contribution is 2.11. The van der Waals surface area contributed by atoms with Gasteiger partial charge in [-0.1, -0.05) is 0 Å². The van der Waals surface area contributed by atoms with Gasteiger partial charge in [0, 0.05) is 21.7 Å². The van der Waals surface area contributed by atoms with Gasteiger partial charge in [0.05, 0.1) is 35.4 Å². The van der Waals surface area contributed by atoms with Crippen LogP contribution in [-0.4, -0.2) is 117 Å². The molecule has 0 aromatic heterocycles. The maximum atomic E-state index is 11.6. The Morgan fingerprint density at radius 2 is 1.23 bits per heavy atom. The molecule has 0 heterocycles. The molecule has 0 aliphatic heterocycles. The van der Waals surface area contributed by atoms with Crippen molar-refractivity contribution in [1.29, 1.82) is 0 Å². The number of thioether (sulfide) groups is 7. The molecule has 0 unspecified atom stereocenters. The summed E-state index contributed by atoms with van der Waals surface area (Å²) in [7, 11) is 0. The summed E-state index contributed by atoms with van der Waals surface area (Å²) in [6.07, 6.45) is 1.36. The molecular weight excluding hydrogens is 657 g/mol. The van der Waals surface area contributed by atoms with Gasteiger partial charge in [0.25, 0.3) is 0 Å². The van der Waals surface area contributed by atoms with Crippen molar-refractivity contribution in [1.82, 2.24) is 10.6 Å². The zero-order valence-corrected chi connectivity index (χ0v) is 26.7. The molecule has 0 aromatic rings. The number of aliphatic hydroxyl groups excluding tert-OH is 2. The zero-order valence-electron chi connectivity index (χ0n) is 21.0. The van der Waals surface area contributed by atoms with E-state index in [0.29, 0.717) is 57.7 Å². The van der Waals surface area contributed by atoms with Crippen molar-refractivity contribution in [3.8, 4) is 0 Å². The SMILES string of the molecule is O=C(NCSC/N=C/OOCSCSCO)OCCSCCOO/C=N\CSCNC(=O)OCSCSCO. The summed E-state index contributed by atoms with van der Waals surface area (Å²) in [5, 5.41) is 23.8. The van der Waals surface area contributed by atoms with Crippen LogP contribution in [0.1, 0.15) is 0 Å². The van der Waals surface area contributed by atoms with Crippen molar-refractivity contribution < 1.29 is 48.8 Å². The molecule has 4 N–H and O–H groups in total. The lowest BCUT2D eigenvalue weighted by molar-refractivity contribution is -0.210. The maximum absolute atomic E-state index is 11.6. The number of alkyl carbamates (subject to hydrolysis) is 2. The summed E-state index contributed by atoms with van der Waals surface area (Å²) in [5.74, 6) is 3.40. The number of nitrogens with one attached hydrogen (secondary N) is 2. The molecule has 0 radical (unpaired) electrons. The highest BCUT2D eigenvalue weighted by Gasteiger charge is 2.02. The van der Waals surface area contributed by atoms with Gasteiger partial charge in [-0.2, -0.15) is 21.5 Å². The first kappa shape index (κ1) is 38.8. The van der Waals surface area contributed by atoms with Gasteiger partial charge < -0.3 is 40.1 Å². The molecule has 21 heteroatoms. The number of hydrogen-bond donors (Lipinski definition) is 4. The third-order valence-corrected chi connectivity index (χ3v) is 8.88. The van der Waals surface area contributed by atoms with E-state index in [1.165, 1.54) is 83.4 Å². The molecular formula is C18H34N4O10S7. The number of carbonyl (C=O) groups is 2. The third-order valence-electron chi connectivity index (χ3n) is 3.03. The second kappa shape index (κ2) is 34.0. The van der Waals surface area contributed by atoms with Crippen molar-refractivity contribution >= 4 is 107 Å². The summed E-state index contributed by atoms with van der Waals surface area (Å²) < 4.78 is 9.98. The summed E-state index contributed by atoms with van der Waals surface area (Å²) >= 11 is 9.84. The fourth-order valence-electron chi connectivity index (χ4n) is 1.56. The number of rotatable bonds is 28. The zero-order chi connectivity index (χ0) is 28.5. The second-order valence-corrected chi connectivity index (χ2v) is 13.4. The van der Waals surface area contributed by atoms with Crippen molar-refractivity contribution in [2.24, 2.45) is 9.98 Å². The van der Waals surface area contributed by atoms with Gasteiger partial charge in [0.15, 0.2) is 0 Å². The standard InChI is InChI=1S/C18H34N4O10S7/c23-11-36-15-38-13-28-18(26)22-10-35-7-19-5-30-29-2-4-33-3-1-27-17(25)21-9-34-8-20-6-31-32-14-39-16-37-12-24/h5-6,23-24H,1-4,7-16H2,(H,21,25)(H,22,26)/b19-5-,20-6+. The Hall–Kier alpha value is -0.230. The Kier molecular flexibility index (Phi) is 33.8. The molecule has 0 rings (SSSR count). The molecule has 0 aliphatic carbocycles. The fraction of sp³-hybridized carbons (Fsp3) is 0.778. The maximum Gasteiger partial charge on any atom is 0.408 e. The van der Waals surface area contributed by atoms with E-state index in [9.17, 15) is 9.59 Å². The van der Waals surface area contributed by atoms with Crippen LogP contribution in [0.4, 0.5) is 9.59 Å². The first-order valence-corrected chi connectivity index (χ1v) is 18.9. The van der Waals surface area contributed by atoms with Crippen LogP contribution in [0.15, 0.2) is 9.98 Å². The van der Waals surface area contributed by atoms with Crippen molar-refractivity contribution in [2.75, 3.05) is 82.2 Å². The van der Waals surface area contributed by atoms with Gasteiger partial charge in [0.1, 0.15) is 25.1 Å². The molecule has 0 atom stereocenters. The van der Waals surface area contributed by atoms with Crippen LogP contribution in [0, 0.1) is 0 Å². The molecule has 228 valence electrons.